The second-order valence-electron chi connectivity index (χ2n) is 11.0. The molecule has 1 saturated heterocycles. The van der Waals surface area contributed by atoms with Crippen molar-refractivity contribution in [2.24, 2.45) is 0 Å². The first-order valence-corrected chi connectivity index (χ1v) is 15.2. The zero-order valence-electron chi connectivity index (χ0n) is 24.0. The maximum absolute atomic E-state index is 12.9. The predicted octanol–water partition coefficient (Wildman–Crippen LogP) is 5.65. The molecular formula is C31H36N8O2S. The number of nitrogens with one attached hydrogen (secondary N) is 3. The van der Waals surface area contributed by atoms with Crippen molar-refractivity contribution in [1.29, 1.82) is 0 Å². The number of anilines is 2. The van der Waals surface area contributed by atoms with Crippen LogP contribution in [0.25, 0.3) is 16.7 Å². The fourth-order valence-corrected chi connectivity index (χ4v) is 5.84. The van der Waals surface area contributed by atoms with Gasteiger partial charge in [0.15, 0.2) is 16.6 Å². The molecule has 3 N–H and O–H groups in total. The summed E-state index contributed by atoms with van der Waals surface area (Å²) >= 11 is 1.59. The van der Waals surface area contributed by atoms with Gasteiger partial charge < -0.3 is 20.3 Å². The summed E-state index contributed by atoms with van der Waals surface area (Å²) in [5.41, 5.74) is 2.35. The molecule has 1 amide bonds. The lowest BCUT2D eigenvalue weighted by molar-refractivity contribution is -0.127. The van der Waals surface area contributed by atoms with E-state index in [0.29, 0.717) is 35.6 Å². The summed E-state index contributed by atoms with van der Waals surface area (Å²) in [6, 6.07) is 10.3. The average molecular weight is 585 g/mol. The van der Waals surface area contributed by atoms with Crippen LogP contribution < -0.4 is 15.4 Å². The van der Waals surface area contributed by atoms with Crippen LogP contribution in [-0.2, 0) is 4.79 Å². The minimum absolute atomic E-state index is 0.0614. The van der Waals surface area contributed by atoms with Gasteiger partial charge >= 0.3 is 0 Å². The van der Waals surface area contributed by atoms with Crippen LogP contribution in [0.4, 0.5) is 10.9 Å². The van der Waals surface area contributed by atoms with Crippen LogP contribution in [0.2, 0.25) is 0 Å². The lowest BCUT2D eigenvalue weighted by atomic mass is 10.1. The van der Waals surface area contributed by atoms with E-state index in [1.807, 2.05) is 54.4 Å². The summed E-state index contributed by atoms with van der Waals surface area (Å²) in [5, 5.41) is 15.9. The number of benzene rings is 1. The fraction of sp³-hybridized carbons (Fsp3) is 0.355. The SMILES string of the molecule is C=C(Nc1ncc(C)s1)c1ccc(Oc2ccnc3[nH]nc(NC4CCCN(C(=O)/C=C/CN(C)C5CC5)C4)c23)cc1. The minimum atomic E-state index is 0.0614. The Bertz CT molecular complexity index is 1590. The zero-order chi connectivity index (χ0) is 29.1. The first-order chi connectivity index (χ1) is 20.4. The van der Waals surface area contributed by atoms with Gasteiger partial charge in [0, 0.05) is 66.8 Å². The van der Waals surface area contributed by atoms with E-state index in [1.165, 1.54) is 12.8 Å². The molecule has 0 bridgehead atoms. The largest absolute Gasteiger partial charge is 0.456 e. The van der Waals surface area contributed by atoms with Crippen LogP contribution in [-0.4, -0.2) is 74.6 Å². The summed E-state index contributed by atoms with van der Waals surface area (Å²) in [6.07, 6.45) is 11.6. The quantitative estimate of drug-likeness (QED) is 0.194. The highest BCUT2D eigenvalue weighted by molar-refractivity contribution is 7.15. The average Bonchev–Trinajstić information content (AvgIpc) is 3.66. The van der Waals surface area contributed by atoms with E-state index in [4.69, 9.17) is 4.74 Å². The minimum Gasteiger partial charge on any atom is -0.456 e. The molecule has 1 aliphatic carbocycles. The van der Waals surface area contributed by atoms with Crippen LogP contribution in [0.15, 0.2) is 61.5 Å². The number of rotatable bonds is 11. The molecule has 11 heteroatoms. The Morgan fingerprint density at radius 3 is 2.83 bits per heavy atom. The smallest absolute Gasteiger partial charge is 0.246 e. The van der Waals surface area contributed by atoms with Crippen molar-refractivity contribution in [3.63, 3.8) is 0 Å². The lowest BCUT2D eigenvalue weighted by Gasteiger charge is -2.32. The van der Waals surface area contributed by atoms with Crippen LogP contribution in [0.3, 0.4) is 0 Å². The van der Waals surface area contributed by atoms with Crippen molar-refractivity contribution in [2.45, 2.75) is 44.7 Å². The van der Waals surface area contributed by atoms with E-state index in [9.17, 15) is 4.79 Å². The second kappa shape index (κ2) is 12.3. The number of fused-ring (bicyclic) bond motifs is 1. The Morgan fingerprint density at radius 2 is 2.07 bits per heavy atom. The van der Waals surface area contributed by atoms with E-state index in [2.05, 4.69) is 49.3 Å². The Balaban J connectivity index is 1.10. The molecule has 6 rings (SSSR count). The number of aromatic amines is 1. The molecule has 2 fully saturated rings. The van der Waals surface area contributed by atoms with Crippen molar-refractivity contribution >= 4 is 44.9 Å². The van der Waals surface area contributed by atoms with Crippen molar-refractivity contribution in [1.82, 2.24) is 30.0 Å². The Kier molecular flexibility index (Phi) is 8.20. The molecule has 3 aromatic heterocycles. The third kappa shape index (κ3) is 6.63. The van der Waals surface area contributed by atoms with Gasteiger partial charge in [-0.1, -0.05) is 12.7 Å². The number of piperidine rings is 1. The number of amides is 1. The monoisotopic (exact) mass is 584 g/mol. The van der Waals surface area contributed by atoms with Crippen LogP contribution in [0, 0.1) is 6.92 Å². The number of hydrogen-bond acceptors (Lipinski definition) is 9. The molecule has 0 radical (unpaired) electrons. The summed E-state index contributed by atoms with van der Waals surface area (Å²) in [6.45, 7) is 8.36. The van der Waals surface area contributed by atoms with Crippen molar-refractivity contribution in [3.05, 3.63) is 71.9 Å². The first kappa shape index (κ1) is 27.9. The van der Waals surface area contributed by atoms with Gasteiger partial charge in [0.05, 0.1) is 0 Å². The van der Waals surface area contributed by atoms with E-state index in [1.54, 1.807) is 23.6 Å². The number of carbonyl (C=O) groups is 1. The number of pyridine rings is 1. The molecule has 1 unspecified atom stereocenters. The van der Waals surface area contributed by atoms with Crippen molar-refractivity contribution < 1.29 is 9.53 Å². The van der Waals surface area contributed by atoms with Crippen molar-refractivity contribution in [3.8, 4) is 11.5 Å². The van der Waals surface area contributed by atoms with Gasteiger partial charge in [0.1, 0.15) is 16.9 Å². The predicted molar refractivity (Wildman–Crippen MR) is 168 cm³/mol. The van der Waals surface area contributed by atoms with Crippen LogP contribution in [0.5, 0.6) is 11.5 Å². The third-order valence-corrected chi connectivity index (χ3v) is 8.46. The van der Waals surface area contributed by atoms with Gasteiger partial charge in [0.2, 0.25) is 5.91 Å². The zero-order valence-corrected chi connectivity index (χ0v) is 24.8. The summed E-state index contributed by atoms with van der Waals surface area (Å²) in [4.78, 5) is 27.0. The lowest BCUT2D eigenvalue weighted by Crippen LogP contribution is -2.44. The molecule has 1 saturated carbocycles. The molecular weight excluding hydrogens is 548 g/mol. The summed E-state index contributed by atoms with van der Waals surface area (Å²) in [5.74, 6) is 2.06. The highest BCUT2D eigenvalue weighted by Gasteiger charge is 2.26. The molecule has 1 aliphatic heterocycles. The molecule has 4 aromatic rings. The molecule has 1 aromatic carbocycles. The number of likely N-dealkylation sites (N-methyl/N-ethyl adjacent to an activating group) is 1. The van der Waals surface area contributed by atoms with Gasteiger partial charge in [-0.2, -0.15) is 5.10 Å². The first-order valence-electron chi connectivity index (χ1n) is 14.3. The maximum atomic E-state index is 12.9. The molecule has 10 nitrogen and oxygen atoms in total. The van der Waals surface area contributed by atoms with Gasteiger partial charge in [-0.05, 0) is 69.5 Å². The number of aryl methyl sites for hydroxylation is 1. The highest BCUT2D eigenvalue weighted by atomic mass is 32.1. The van der Waals surface area contributed by atoms with E-state index in [-0.39, 0.29) is 11.9 Å². The number of H-pyrrole nitrogens is 1. The topological polar surface area (TPSA) is 111 Å². The highest BCUT2D eigenvalue weighted by Crippen LogP contribution is 2.34. The standard InChI is InChI=1S/C31H36N8O2S/c1-20-18-33-31(42-20)34-21(2)22-8-12-25(13-9-22)41-26-14-15-32-29-28(26)30(37-36-29)35-23-6-4-17-39(19-23)27(40)7-5-16-38(3)24-10-11-24/h5,7-9,12-15,18,23-24H,2,4,6,10-11,16-17,19H2,1,3H3,(H,33,34)(H2,32,35,36,37)/b7-5+. The Labute approximate surface area is 249 Å². The van der Waals surface area contributed by atoms with Gasteiger partial charge in [0.25, 0.3) is 0 Å². The van der Waals surface area contributed by atoms with Crippen LogP contribution in [0.1, 0.15) is 36.1 Å². The summed E-state index contributed by atoms with van der Waals surface area (Å²) in [7, 11) is 2.12. The molecule has 42 heavy (non-hydrogen) atoms. The van der Waals surface area contributed by atoms with Gasteiger partial charge in [-0.15, -0.1) is 11.3 Å². The number of hydrogen-bond donors (Lipinski definition) is 3. The van der Waals surface area contributed by atoms with Crippen LogP contribution >= 0.6 is 11.3 Å². The van der Waals surface area contributed by atoms with E-state index in [0.717, 1.165) is 52.6 Å². The summed E-state index contributed by atoms with van der Waals surface area (Å²) < 4.78 is 6.30. The number of likely N-dealkylation sites (tertiary alicyclic amines) is 1. The fourth-order valence-electron chi connectivity index (χ4n) is 5.15. The molecule has 2 aliphatic rings. The van der Waals surface area contributed by atoms with Crippen molar-refractivity contribution in [2.75, 3.05) is 37.3 Å². The van der Waals surface area contributed by atoms with Gasteiger partial charge in [-0.3, -0.25) is 14.8 Å². The molecule has 1 atom stereocenters. The molecule has 4 heterocycles. The number of nitrogens with zero attached hydrogens (tertiary/aromatic N) is 5. The number of carbonyl (C=O) groups excluding carboxylic acids is 1. The van der Waals surface area contributed by atoms with Gasteiger partial charge in [-0.25, -0.2) is 9.97 Å². The molecule has 218 valence electrons. The Morgan fingerprint density at radius 1 is 1.24 bits per heavy atom. The third-order valence-electron chi connectivity index (χ3n) is 7.63. The normalized spacial score (nSPS) is 17.2. The second-order valence-corrected chi connectivity index (χ2v) is 12.2. The van der Waals surface area contributed by atoms with E-state index >= 15 is 0 Å². The Hall–Kier alpha value is -4.22. The number of ether oxygens (including phenoxy) is 1. The number of thiazole rings is 1. The number of aromatic nitrogens is 4. The van der Waals surface area contributed by atoms with E-state index < -0.39 is 0 Å². The molecule has 0 spiro atoms. The maximum Gasteiger partial charge on any atom is 0.246 e.